The van der Waals surface area contributed by atoms with Gasteiger partial charge in [-0.15, -0.1) is 11.3 Å². The second-order valence-electron chi connectivity index (χ2n) is 6.73. The maximum absolute atomic E-state index is 5.62. The van der Waals surface area contributed by atoms with Crippen molar-refractivity contribution in [3.8, 4) is 0 Å². The SMILES string of the molecule is CCCOCc1nc(CC(C)C)c(CNC(C)(C)C)s1. The lowest BCUT2D eigenvalue weighted by Crippen LogP contribution is -2.35. The molecule has 0 aliphatic carbocycles. The van der Waals surface area contributed by atoms with Crippen LogP contribution in [0.3, 0.4) is 0 Å². The van der Waals surface area contributed by atoms with E-state index >= 15 is 0 Å². The highest BCUT2D eigenvalue weighted by Crippen LogP contribution is 2.23. The van der Waals surface area contributed by atoms with Gasteiger partial charge in [0, 0.05) is 23.6 Å². The predicted molar refractivity (Wildman–Crippen MR) is 87.2 cm³/mol. The summed E-state index contributed by atoms with van der Waals surface area (Å²) in [6.07, 6.45) is 2.11. The van der Waals surface area contributed by atoms with Gasteiger partial charge in [0.25, 0.3) is 0 Å². The van der Waals surface area contributed by atoms with Crippen LogP contribution in [-0.2, 0) is 24.3 Å². The third-order valence-electron chi connectivity index (χ3n) is 2.78. The highest BCUT2D eigenvalue weighted by molar-refractivity contribution is 7.11. The number of nitrogens with one attached hydrogen (secondary N) is 1. The molecule has 0 saturated carbocycles. The molecular formula is C16H30N2OS. The molecule has 1 aromatic heterocycles. The van der Waals surface area contributed by atoms with Gasteiger partial charge in [-0.05, 0) is 39.5 Å². The van der Waals surface area contributed by atoms with Gasteiger partial charge in [0.15, 0.2) is 0 Å². The Balaban J connectivity index is 2.72. The Kier molecular flexibility index (Phi) is 7.13. The number of aromatic nitrogens is 1. The minimum Gasteiger partial charge on any atom is -0.374 e. The molecule has 4 heteroatoms. The fourth-order valence-electron chi connectivity index (χ4n) is 1.83. The van der Waals surface area contributed by atoms with Crippen LogP contribution in [0.2, 0.25) is 0 Å². The van der Waals surface area contributed by atoms with E-state index in [0.29, 0.717) is 12.5 Å². The summed E-state index contributed by atoms with van der Waals surface area (Å²) in [6, 6.07) is 0. The quantitative estimate of drug-likeness (QED) is 0.732. The van der Waals surface area contributed by atoms with Gasteiger partial charge in [-0.1, -0.05) is 20.8 Å². The highest BCUT2D eigenvalue weighted by atomic mass is 32.1. The molecule has 0 fully saturated rings. The van der Waals surface area contributed by atoms with Crippen molar-refractivity contribution >= 4 is 11.3 Å². The summed E-state index contributed by atoms with van der Waals surface area (Å²) < 4.78 is 5.62. The maximum Gasteiger partial charge on any atom is 0.119 e. The second-order valence-corrected chi connectivity index (χ2v) is 7.90. The van der Waals surface area contributed by atoms with Gasteiger partial charge in [0.2, 0.25) is 0 Å². The monoisotopic (exact) mass is 298 g/mol. The molecule has 0 saturated heterocycles. The molecule has 1 aromatic rings. The molecule has 0 aliphatic heterocycles. The fraction of sp³-hybridized carbons (Fsp3) is 0.812. The number of hydrogen-bond acceptors (Lipinski definition) is 4. The van der Waals surface area contributed by atoms with Gasteiger partial charge >= 0.3 is 0 Å². The molecule has 0 bridgehead atoms. The molecule has 20 heavy (non-hydrogen) atoms. The van der Waals surface area contributed by atoms with Gasteiger partial charge in [-0.2, -0.15) is 0 Å². The van der Waals surface area contributed by atoms with Gasteiger partial charge in [-0.25, -0.2) is 4.98 Å². The Labute approximate surface area is 128 Å². The molecule has 1 N–H and O–H groups in total. The summed E-state index contributed by atoms with van der Waals surface area (Å²) in [7, 11) is 0. The molecule has 0 aromatic carbocycles. The van der Waals surface area contributed by atoms with Gasteiger partial charge in [0.05, 0.1) is 12.3 Å². The van der Waals surface area contributed by atoms with Crippen molar-refractivity contribution in [3.63, 3.8) is 0 Å². The minimum absolute atomic E-state index is 0.137. The second kappa shape index (κ2) is 8.11. The van der Waals surface area contributed by atoms with E-state index in [1.54, 1.807) is 11.3 Å². The molecule has 0 aliphatic rings. The first-order valence-corrected chi connectivity index (χ1v) is 8.43. The van der Waals surface area contributed by atoms with Gasteiger partial charge < -0.3 is 10.1 Å². The van der Waals surface area contributed by atoms with Crippen molar-refractivity contribution in [3.05, 3.63) is 15.6 Å². The van der Waals surface area contributed by atoms with Crippen molar-refractivity contribution in [2.24, 2.45) is 5.92 Å². The van der Waals surface area contributed by atoms with Crippen LogP contribution in [0.25, 0.3) is 0 Å². The molecule has 0 atom stereocenters. The number of nitrogens with zero attached hydrogens (tertiary/aromatic N) is 1. The predicted octanol–water partition coefficient (Wildman–Crippen LogP) is 4.16. The Morgan fingerprint density at radius 3 is 2.55 bits per heavy atom. The zero-order valence-corrected chi connectivity index (χ0v) is 14.7. The summed E-state index contributed by atoms with van der Waals surface area (Å²) in [4.78, 5) is 6.14. The number of ether oxygens (including phenoxy) is 1. The van der Waals surface area contributed by atoms with E-state index in [1.165, 1.54) is 10.6 Å². The Morgan fingerprint density at radius 2 is 2.00 bits per heavy atom. The average molecular weight is 298 g/mol. The first-order chi connectivity index (χ1) is 9.31. The fourth-order valence-corrected chi connectivity index (χ4v) is 2.81. The summed E-state index contributed by atoms with van der Waals surface area (Å²) in [5.41, 5.74) is 1.38. The van der Waals surface area contributed by atoms with Crippen molar-refractivity contribution in [2.75, 3.05) is 6.61 Å². The number of thiazole rings is 1. The third kappa shape index (κ3) is 6.82. The third-order valence-corrected chi connectivity index (χ3v) is 3.85. The van der Waals surface area contributed by atoms with Crippen molar-refractivity contribution in [2.45, 2.75) is 73.1 Å². The summed E-state index contributed by atoms with van der Waals surface area (Å²) in [5.74, 6) is 0.634. The Hall–Kier alpha value is -0.450. The van der Waals surface area contributed by atoms with Gasteiger partial charge in [0.1, 0.15) is 5.01 Å². The highest BCUT2D eigenvalue weighted by Gasteiger charge is 2.15. The molecule has 3 nitrogen and oxygen atoms in total. The van der Waals surface area contributed by atoms with E-state index in [-0.39, 0.29) is 5.54 Å². The summed E-state index contributed by atoms with van der Waals surface area (Å²) in [6.45, 7) is 15.6. The van der Waals surface area contributed by atoms with Crippen LogP contribution in [-0.4, -0.2) is 17.1 Å². The standard InChI is InChI=1S/C16H30N2OS/c1-7-8-19-11-15-18-13(9-12(2)3)14(20-15)10-17-16(4,5)6/h12,17H,7-11H2,1-6H3. The van der Waals surface area contributed by atoms with E-state index in [0.717, 1.165) is 31.0 Å². The Bertz CT molecular complexity index is 394. The van der Waals surface area contributed by atoms with Crippen LogP contribution in [0.5, 0.6) is 0 Å². The van der Waals surface area contributed by atoms with E-state index in [4.69, 9.17) is 9.72 Å². The van der Waals surface area contributed by atoms with Crippen LogP contribution in [0.15, 0.2) is 0 Å². The molecule has 1 rings (SSSR count). The zero-order valence-electron chi connectivity index (χ0n) is 13.9. The summed E-state index contributed by atoms with van der Waals surface area (Å²) in [5, 5.41) is 4.67. The van der Waals surface area contributed by atoms with E-state index in [2.05, 4.69) is 46.9 Å². The van der Waals surface area contributed by atoms with E-state index in [1.807, 2.05) is 0 Å². The molecule has 0 radical (unpaired) electrons. The number of rotatable bonds is 8. The number of hydrogen-bond donors (Lipinski definition) is 1. The first kappa shape index (κ1) is 17.6. The zero-order chi connectivity index (χ0) is 15.2. The smallest absolute Gasteiger partial charge is 0.119 e. The molecule has 116 valence electrons. The summed E-state index contributed by atoms with van der Waals surface area (Å²) >= 11 is 1.79. The van der Waals surface area contributed by atoms with Crippen LogP contribution in [0.4, 0.5) is 0 Å². The Morgan fingerprint density at radius 1 is 1.30 bits per heavy atom. The van der Waals surface area contributed by atoms with Crippen LogP contribution in [0, 0.1) is 5.92 Å². The van der Waals surface area contributed by atoms with Crippen LogP contribution in [0.1, 0.15) is 63.5 Å². The normalized spacial score (nSPS) is 12.3. The minimum atomic E-state index is 0.137. The lowest BCUT2D eigenvalue weighted by molar-refractivity contribution is 0.121. The molecule has 1 heterocycles. The lowest BCUT2D eigenvalue weighted by Gasteiger charge is -2.20. The largest absolute Gasteiger partial charge is 0.374 e. The lowest BCUT2D eigenvalue weighted by atomic mass is 10.1. The van der Waals surface area contributed by atoms with Crippen molar-refractivity contribution in [1.29, 1.82) is 0 Å². The molecule has 0 unspecified atom stereocenters. The van der Waals surface area contributed by atoms with E-state index in [9.17, 15) is 0 Å². The average Bonchev–Trinajstić information content (AvgIpc) is 2.67. The van der Waals surface area contributed by atoms with Crippen molar-refractivity contribution in [1.82, 2.24) is 10.3 Å². The van der Waals surface area contributed by atoms with E-state index < -0.39 is 0 Å². The topological polar surface area (TPSA) is 34.1 Å². The molecule has 0 amide bonds. The van der Waals surface area contributed by atoms with Gasteiger partial charge in [-0.3, -0.25) is 0 Å². The van der Waals surface area contributed by atoms with Crippen molar-refractivity contribution < 1.29 is 4.74 Å². The first-order valence-electron chi connectivity index (χ1n) is 7.62. The van der Waals surface area contributed by atoms with Crippen LogP contribution < -0.4 is 5.32 Å². The molecule has 0 spiro atoms. The molecular weight excluding hydrogens is 268 g/mol. The maximum atomic E-state index is 5.62. The van der Waals surface area contributed by atoms with Crippen LogP contribution >= 0.6 is 11.3 Å².